The molecule has 1 atom stereocenters. The lowest BCUT2D eigenvalue weighted by atomic mass is 10.1. The summed E-state index contributed by atoms with van der Waals surface area (Å²) in [4.78, 5) is 12.6. The fourth-order valence-corrected chi connectivity index (χ4v) is 3.27. The minimum absolute atomic E-state index is 0.140. The Hall–Kier alpha value is -0.990. The summed E-state index contributed by atoms with van der Waals surface area (Å²) >= 11 is 5.55. The van der Waals surface area contributed by atoms with Crippen LogP contribution in [0.15, 0.2) is 18.2 Å². The Balaban J connectivity index is 2.46. The van der Waals surface area contributed by atoms with Crippen LogP contribution in [0.1, 0.15) is 12.0 Å². The molecule has 1 amide bonds. The van der Waals surface area contributed by atoms with Gasteiger partial charge < -0.3 is 4.90 Å². The lowest BCUT2D eigenvalue weighted by Crippen LogP contribution is -2.29. The van der Waals surface area contributed by atoms with Gasteiger partial charge in [-0.2, -0.15) is 13.2 Å². The first-order valence-corrected chi connectivity index (χ1v) is 8.36. The predicted octanol–water partition coefficient (Wildman–Crippen LogP) is 3.03. The molecule has 2 rings (SSSR count). The highest BCUT2D eigenvalue weighted by atomic mass is 35.7. The van der Waals surface area contributed by atoms with E-state index in [0.717, 1.165) is 11.0 Å². The van der Waals surface area contributed by atoms with Gasteiger partial charge in [0.25, 0.3) is 0 Å². The molecule has 4 nitrogen and oxygen atoms in total. The molecule has 0 saturated carbocycles. The molecule has 1 aromatic rings. The second-order valence-corrected chi connectivity index (χ2v) is 7.81. The monoisotopic (exact) mass is 361 g/mol. The van der Waals surface area contributed by atoms with E-state index in [1.165, 1.54) is 6.07 Å². The number of carbonyl (C=O) groups excluding carboxylic acids is 1. The summed E-state index contributed by atoms with van der Waals surface area (Å²) in [6.07, 6.45) is -5.18. The van der Waals surface area contributed by atoms with Crippen LogP contribution in [0.25, 0.3) is 0 Å². The Bertz CT molecular complexity index is 690. The zero-order valence-electron chi connectivity index (χ0n) is 10.2. The first-order chi connectivity index (χ1) is 9.50. The SMILES string of the molecule is O=C1CC(S(=O)(=O)Cl)CN1c1ccc(Cl)cc1C(F)(F)F. The zero-order valence-corrected chi connectivity index (χ0v) is 12.5. The number of nitrogens with zero attached hydrogens (tertiary/aromatic N) is 1. The predicted molar refractivity (Wildman–Crippen MR) is 72.0 cm³/mol. The van der Waals surface area contributed by atoms with Crippen molar-refractivity contribution < 1.29 is 26.4 Å². The summed E-state index contributed by atoms with van der Waals surface area (Å²) < 4.78 is 61.5. The summed E-state index contributed by atoms with van der Waals surface area (Å²) in [5, 5.41) is -1.37. The summed E-state index contributed by atoms with van der Waals surface area (Å²) in [7, 11) is 1.13. The first kappa shape index (κ1) is 16.4. The van der Waals surface area contributed by atoms with Gasteiger partial charge in [-0.25, -0.2) is 8.42 Å². The van der Waals surface area contributed by atoms with Crippen LogP contribution in [0.2, 0.25) is 5.02 Å². The molecule has 1 aliphatic rings. The van der Waals surface area contributed by atoms with Gasteiger partial charge in [0.2, 0.25) is 15.0 Å². The lowest BCUT2D eigenvalue weighted by molar-refractivity contribution is -0.137. The number of amides is 1. The fraction of sp³-hybridized carbons (Fsp3) is 0.364. The van der Waals surface area contributed by atoms with Crippen LogP contribution in [0.5, 0.6) is 0 Å². The smallest absolute Gasteiger partial charge is 0.310 e. The molecule has 0 aromatic heterocycles. The topological polar surface area (TPSA) is 54.5 Å². The highest BCUT2D eigenvalue weighted by molar-refractivity contribution is 8.14. The average Bonchev–Trinajstić information content (AvgIpc) is 2.70. The standard InChI is InChI=1S/C11H8Cl2F3NO3S/c12-6-1-2-9(8(3-6)11(14,15)16)17-5-7(4-10(17)18)21(13,19)20/h1-3,7H,4-5H2. The van der Waals surface area contributed by atoms with Gasteiger partial charge in [0.15, 0.2) is 0 Å². The van der Waals surface area contributed by atoms with E-state index in [9.17, 15) is 26.4 Å². The number of hydrogen-bond acceptors (Lipinski definition) is 3. The van der Waals surface area contributed by atoms with Crippen LogP contribution in [-0.2, 0) is 20.0 Å². The van der Waals surface area contributed by atoms with Gasteiger partial charge in [0.1, 0.15) is 5.25 Å². The van der Waals surface area contributed by atoms with Crippen LogP contribution in [0, 0.1) is 0 Å². The molecule has 116 valence electrons. The summed E-state index contributed by atoms with van der Waals surface area (Å²) in [6.45, 7) is -0.421. The van der Waals surface area contributed by atoms with Crippen molar-refractivity contribution in [3.63, 3.8) is 0 Å². The maximum absolute atomic E-state index is 13.0. The van der Waals surface area contributed by atoms with Crippen LogP contribution >= 0.6 is 22.3 Å². The summed E-state index contributed by atoms with van der Waals surface area (Å²) in [5.41, 5.74) is -1.53. The van der Waals surface area contributed by atoms with Crippen molar-refractivity contribution in [1.82, 2.24) is 0 Å². The van der Waals surface area contributed by atoms with Gasteiger partial charge in [-0.1, -0.05) is 11.6 Å². The second kappa shape index (κ2) is 5.33. The highest BCUT2D eigenvalue weighted by Gasteiger charge is 2.42. The van der Waals surface area contributed by atoms with Crippen LogP contribution in [0.3, 0.4) is 0 Å². The maximum atomic E-state index is 13.0. The highest BCUT2D eigenvalue weighted by Crippen LogP contribution is 2.40. The molecule has 0 N–H and O–H groups in total. The van der Waals surface area contributed by atoms with Crippen LogP contribution in [0.4, 0.5) is 18.9 Å². The number of rotatable bonds is 2. The van der Waals surface area contributed by atoms with E-state index >= 15 is 0 Å². The molecule has 1 fully saturated rings. The van der Waals surface area contributed by atoms with E-state index in [2.05, 4.69) is 0 Å². The van der Waals surface area contributed by atoms with E-state index in [1.54, 1.807) is 0 Å². The molecule has 1 saturated heterocycles. The number of benzene rings is 1. The fourth-order valence-electron chi connectivity index (χ4n) is 2.07. The van der Waals surface area contributed by atoms with Gasteiger partial charge in [-0.3, -0.25) is 4.79 Å². The Morgan fingerprint density at radius 2 is 1.90 bits per heavy atom. The average molecular weight is 362 g/mol. The van der Waals surface area contributed by atoms with E-state index in [0.29, 0.717) is 6.07 Å². The van der Waals surface area contributed by atoms with E-state index in [4.69, 9.17) is 22.3 Å². The van der Waals surface area contributed by atoms with Gasteiger partial charge in [-0.15, -0.1) is 0 Å². The van der Waals surface area contributed by atoms with Gasteiger partial charge >= 0.3 is 6.18 Å². The number of alkyl halides is 3. The molecule has 0 bridgehead atoms. The molecule has 1 heterocycles. The van der Waals surface area contributed by atoms with Gasteiger partial charge in [-0.05, 0) is 18.2 Å². The quantitative estimate of drug-likeness (QED) is 0.760. The molecule has 10 heteroatoms. The Morgan fingerprint density at radius 1 is 1.29 bits per heavy atom. The molecular formula is C11H8Cl2F3NO3S. The third-order valence-electron chi connectivity index (χ3n) is 3.04. The second-order valence-electron chi connectivity index (χ2n) is 4.47. The van der Waals surface area contributed by atoms with E-state index < -0.39 is 50.6 Å². The molecule has 0 radical (unpaired) electrons. The first-order valence-electron chi connectivity index (χ1n) is 5.60. The van der Waals surface area contributed by atoms with Crippen molar-refractivity contribution >= 4 is 42.9 Å². The third kappa shape index (κ3) is 3.44. The van der Waals surface area contributed by atoms with E-state index in [1.807, 2.05) is 0 Å². The number of hydrogen-bond donors (Lipinski definition) is 0. The largest absolute Gasteiger partial charge is 0.418 e. The Morgan fingerprint density at radius 3 is 2.38 bits per heavy atom. The molecule has 1 aromatic carbocycles. The molecule has 1 unspecified atom stereocenters. The minimum Gasteiger partial charge on any atom is -0.310 e. The van der Waals surface area contributed by atoms with E-state index in [-0.39, 0.29) is 5.02 Å². The number of carbonyl (C=O) groups is 1. The molecular weight excluding hydrogens is 354 g/mol. The van der Waals surface area contributed by atoms with Crippen molar-refractivity contribution in [3.8, 4) is 0 Å². The molecule has 0 spiro atoms. The summed E-state index contributed by atoms with van der Waals surface area (Å²) in [6, 6.07) is 2.92. The van der Waals surface area contributed by atoms with Crippen molar-refractivity contribution in [3.05, 3.63) is 28.8 Å². The van der Waals surface area contributed by atoms with Crippen molar-refractivity contribution in [2.45, 2.75) is 17.8 Å². The molecule has 1 aliphatic heterocycles. The van der Waals surface area contributed by atoms with Gasteiger partial charge in [0, 0.05) is 28.7 Å². The number of halogens is 5. The van der Waals surface area contributed by atoms with Crippen LogP contribution < -0.4 is 4.90 Å². The third-order valence-corrected chi connectivity index (χ3v) is 5.15. The zero-order chi connectivity index (χ0) is 16.0. The Kier molecular flexibility index (Phi) is 4.16. The van der Waals surface area contributed by atoms with Crippen molar-refractivity contribution in [2.75, 3.05) is 11.4 Å². The minimum atomic E-state index is -4.72. The maximum Gasteiger partial charge on any atom is 0.418 e. The van der Waals surface area contributed by atoms with Crippen molar-refractivity contribution in [2.24, 2.45) is 0 Å². The number of anilines is 1. The molecule has 21 heavy (non-hydrogen) atoms. The van der Waals surface area contributed by atoms with Crippen LogP contribution in [-0.4, -0.2) is 26.1 Å². The van der Waals surface area contributed by atoms with Gasteiger partial charge in [0.05, 0.1) is 11.3 Å². The molecule has 0 aliphatic carbocycles. The van der Waals surface area contributed by atoms with Crippen molar-refractivity contribution in [1.29, 1.82) is 0 Å². The summed E-state index contributed by atoms with van der Waals surface area (Å²) in [5.74, 6) is -0.739. The lowest BCUT2D eigenvalue weighted by Gasteiger charge is -2.21. The normalized spacial score (nSPS) is 20.1. The Labute approximate surface area is 127 Å².